The third kappa shape index (κ3) is 5.55. The van der Waals surface area contributed by atoms with E-state index in [1.165, 1.54) is 18.4 Å². The van der Waals surface area contributed by atoms with Crippen LogP contribution in [0.3, 0.4) is 0 Å². The average Bonchev–Trinajstić information content (AvgIpc) is 3.30. The van der Waals surface area contributed by atoms with Gasteiger partial charge in [0.2, 0.25) is 0 Å². The highest BCUT2D eigenvalue weighted by molar-refractivity contribution is 7.07. The van der Waals surface area contributed by atoms with Crippen LogP contribution in [-0.2, 0) is 9.53 Å². The number of halogens is 1. The fourth-order valence-electron chi connectivity index (χ4n) is 4.62. The van der Waals surface area contributed by atoms with Crippen LogP contribution in [0.5, 0.6) is 11.5 Å². The number of methoxy groups -OCH3 is 1. The number of carbonyl (C=O) groups is 1. The average molecular weight is 585 g/mol. The summed E-state index contributed by atoms with van der Waals surface area (Å²) < 4.78 is 18.4. The normalized spacial score (nSPS) is 14.6. The van der Waals surface area contributed by atoms with Gasteiger partial charge in [-0.3, -0.25) is 9.36 Å². The quantitative estimate of drug-likeness (QED) is 0.223. The van der Waals surface area contributed by atoms with E-state index in [-0.39, 0.29) is 23.8 Å². The molecule has 0 bridgehead atoms. The molecular formula is C32H25ClN2O5S. The minimum Gasteiger partial charge on any atom is -0.493 e. The molecule has 3 aromatic carbocycles. The number of aromatic nitrogens is 1. The molecule has 0 radical (unpaired) electrons. The van der Waals surface area contributed by atoms with Crippen molar-refractivity contribution in [2.45, 2.75) is 13.0 Å². The predicted molar refractivity (Wildman–Crippen MR) is 160 cm³/mol. The van der Waals surface area contributed by atoms with E-state index in [0.29, 0.717) is 37.7 Å². The van der Waals surface area contributed by atoms with Crippen molar-refractivity contribution in [3.63, 3.8) is 0 Å². The van der Waals surface area contributed by atoms with Gasteiger partial charge in [0.05, 0.1) is 40.6 Å². The molecular weight excluding hydrogens is 560 g/mol. The molecule has 5 rings (SSSR count). The van der Waals surface area contributed by atoms with Crippen LogP contribution in [0.25, 0.3) is 11.8 Å². The Balaban J connectivity index is 1.76. The molecule has 7 nitrogen and oxygen atoms in total. The Kier molecular flexibility index (Phi) is 8.39. The molecule has 1 atom stereocenters. The summed E-state index contributed by atoms with van der Waals surface area (Å²) in [6, 6.07) is 21.4. The van der Waals surface area contributed by atoms with E-state index in [9.17, 15) is 9.59 Å². The number of rotatable bonds is 8. The number of terminal acetylenes is 1. The zero-order chi connectivity index (χ0) is 28.9. The van der Waals surface area contributed by atoms with Gasteiger partial charge in [0.25, 0.3) is 5.56 Å². The summed E-state index contributed by atoms with van der Waals surface area (Å²) in [4.78, 5) is 32.8. The van der Waals surface area contributed by atoms with E-state index >= 15 is 0 Å². The number of hydrogen-bond acceptors (Lipinski definition) is 7. The van der Waals surface area contributed by atoms with Crippen molar-refractivity contribution in [2.75, 3.05) is 20.3 Å². The van der Waals surface area contributed by atoms with E-state index in [4.69, 9.17) is 37.2 Å². The van der Waals surface area contributed by atoms with Gasteiger partial charge in [0.1, 0.15) is 6.61 Å². The van der Waals surface area contributed by atoms with Crippen LogP contribution in [0.15, 0.2) is 88.2 Å². The lowest BCUT2D eigenvalue weighted by Gasteiger charge is -2.25. The highest BCUT2D eigenvalue weighted by Crippen LogP contribution is 2.37. The number of fused-ring (bicyclic) bond motifs is 1. The number of benzene rings is 3. The largest absolute Gasteiger partial charge is 0.493 e. The monoisotopic (exact) mass is 584 g/mol. The summed E-state index contributed by atoms with van der Waals surface area (Å²) in [7, 11) is 1.49. The van der Waals surface area contributed by atoms with Gasteiger partial charge in [-0.05, 0) is 36.3 Å². The fourth-order valence-corrected chi connectivity index (χ4v) is 5.89. The number of nitrogens with zero attached hydrogens (tertiary/aromatic N) is 2. The second-order valence-electron chi connectivity index (χ2n) is 8.87. The topological polar surface area (TPSA) is 79.1 Å². The lowest BCUT2D eigenvalue weighted by atomic mass is 9.93. The number of esters is 1. The van der Waals surface area contributed by atoms with Crippen molar-refractivity contribution < 1.29 is 19.0 Å². The summed E-state index contributed by atoms with van der Waals surface area (Å²) in [6.45, 7) is 1.95. The van der Waals surface area contributed by atoms with Crippen molar-refractivity contribution in [3.8, 4) is 23.8 Å². The Bertz CT molecular complexity index is 1850. The Morgan fingerprint density at radius 1 is 1.15 bits per heavy atom. The van der Waals surface area contributed by atoms with Crippen molar-refractivity contribution in [3.05, 3.63) is 120 Å². The molecule has 0 saturated heterocycles. The molecule has 2 heterocycles. The third-order valence-electron chi connectivity index (χ3n) is 6.34. The molecule has 0 spiro atoms. The lowest BCUT2D eigenvalue weighted by Crippen LogP contribution is -2.39. The Hall–Kier alpha value is -4.58. The van der Waals surface area contributed by atoms with Crippen LogP contribution in [0.1, 0.15) is 29.7 Å². The zero-order valence-corrected chi connectivity index (χ0v) is 23.9. The Morgan fingerprint density at radius 3 is 2.51 bits per heavy atom. The molecule has 4 aromatic rings. The first-order valence-corrected chi connectivity index (χ1v) is 13.9. The molecule has 1 aliphatic rings. The van der Waals surface area contributed by atoms with Gasteiger partial charge in [-0.1, -0.05) is 89.5 Å². The molecule has 0 unspecified atom stereocenters. The first-order valence-electron chi connectivity index (χ1n) is 12.7. The third-order valence-corrected chi connectivity index (χ3v) is 7.60. The van der Waals surface area contributed by atoms with Gasteiger partial charge in [0.15, 0.2) is 16.3 Å². The van der Waals surface area contributed by atoms with E-state index in [1.54, 1.807) is 29.7 Å². The first kappa shape index (κ1) is 28.0. The lowest BCUT2D eigenvalue weighted by molar-refractivity contribution is -0.138. The molecule has 41 heavy (non-hydrogen) atoms. The SMILES string of the molecule is C#CCOc1c(Cl)cc(/C=c2\sc3n(c2=O)[C@H](c2ccccc2)C(C(=O)OCC)=C(c2ccccc2)N=3)cc1OC. The van der Waals surface area contributed by atoms with Gasteiger partial charge < -0.3 is 14.2 Å². The van der Waals surface area contributed by atoms with Crippen LogP contribution < -0.4 is 24.4 Å². The highest BCUT2D eigenvalue weighted by Gasteiger charge is 2.35. The minimum absolute atomic E-state index is 0.0278. The van der Waals surface area contributed by atoms with E-state index in [0.717, 1.165) is 11.1 Å². The van der Waals surface area contributed by atoms with E-state index in [2.05, 4.69) is 5.92 Å². The van der Waals surface area contributed by atoms with Crippen molar-refractivity contribution in [1.82, 2.24) is 4.57 Å². The van der Waals surface area contributed by atoms with Crippen molar-refractivity contribution >= 4 is 40.7 Å². The molecule has 0 aliphatic carbocycles. The standard InChI is InChI=1S/C32H25ClN2O5S/c1-4-16-40-29-23(33)17-20(18-24(29)38-3)19-25-30(36)35-28(22-14-10-7-11-15-22)26(31(37)39-5-2)27(34-32(35)41-25)21-12-8-6-9-13-21/h1,6-15,17-19,28H,5,16H2,2-3H3/b25-19-/t28-/m1/s1. The molecule has 0 fully saturated rings. The van der Waals surface area contributed by atoms with Gasteiger partial charge in [-0.15, -0.1) is 6.42 Å². The highest BCUT2D eigenvalue weighted by atomic mass is 35.5. The second kappa shape index (κ2) is 12.3. The van der Waals surface area contributed by atoms with Crippen LogP contribution in [-0.4, -0.2) is 30.9 Å². The molecule has 0 N–H and O–H groups in total. The molecule has 206 valence electrons. The maximum absolute atomic E-state index is 14.0. The zero-order valence-electron chi connectivity index (χ0n) is 22.3. The van der Waals surface area contributed by atoms with Crippen LogP contribution >= 0.6 is 22.9 Å². The maximum atomic E-state index is 14.0. The van der Waals surface area contributed by atoms with Gasteiger partial charge in [0, 0.05) is 5.56 Å². The van der Waals surface area contributed by atoms with Crippen molar-refractivity contribution in [1.29, 1.82) is 0 Å². The summed E-state index contributed by atoms with van der Waals surface area (Å²) in [5.74, 6) is 2.57. The maximum Gasteiger partial charge on any atom is 0.338 e. The summed E-state index contributed by atoms with van der Waals surface area (Å²) in [5, 5.41) is 0.289. The molecule has 0 amide bonds. The molecule has 1 aromatic heterocycles. The predicted octanol–water partition coefficient (Wildman–Crippen LogP) is 4.61. The Labute approximate surface area is 245 Å². The van der Waals surface area contributed by atoms with Crippen LogP contribution in [0, 0.1) is 12.3 Å². The number of hydrogen-bond donors (Lipinski definition) is 0. The number of thiazole rings is 1. The molecule has 1 aliphatic heterocycles. The summed E-state index contributed by atoms with van der Waals surface area (Å²) >= 11 is 7.70. The fraction of sp³-hybridized carbons (Fsp3) is 0.156. The molecule has 9 heteroatoms. The smallest absolute Gasteiger partial charge is 0.338 e. The van der Waals surface area contributed by atoms with E-state index < -0.39 is 12.0 Å². The van der Waals surface area contributed by atoms with Gasteiger partial charge in [-0.25, -0.2) is 9.79 Å². The number of ether oxygens (including phenoxy) is 3. The summed E-state index contributed by atoms with van der Waals surface area (Å²) in [6.07, 6.45) is 7.03. The van der Waals surface area contributed by atoms with Crippen LogP contribution in [0.2, 0.25) is 5.02 Å². The minimum atomic E-state index is -0.749. The van der Waals surface area contributed by atoms with Gasteiger partial charge >= 0.3 is 5.97 Å². The number of carbonyl (C=O) groups excluding carboxylic acids is 1. The summed E-state index contributed by atoms with van der Waals surface area (Å²) in [5.41, 5.74) is 2.57. The van der Waals surface area contributed by atoms with Crippen LogP contribution in [0.4, 0.5) is 0 Å². The Morgan fingerprint density at radius 2 is 1.85 bits per heavy atom. The van der Waals surface area contributed by atoms with Gasteiger partial charge in [-0.2, -0.15) is 0 Å². The van der Waals surface area contributed by atoms with E-state index in [1.807, 2.05) is 60.7 Å². The molecule has 0 saturated carbocycles. The van der Waals surface area contributed by atoms with Crippen molar-refractivity contribution in [2.24, 2.45) is 4.99 Å². The second-order valence-corrected chi connectivity index (χ2v) is 10.3. The first-order chi connectivity index (χ1) is 20.0.